The van der Waals surface area contributed by atoms with Gasteiger partial charge in [-0.1, -0.05) is 0 Å². The standard InChI is InChI=1S/C9H10N6/c10-8-7(5-14-15(8)9(11)12)6-1-3-13-4-2-6/h1-5H,10H2,(H3,11,12). The Kier molecular flexibility index (Phi) is 2.09. The summed E-state index contributed by atoms with van der Waals surface area (Å²) < 4.78 is 1.18. The van der Waals surface area contributed by atoms with Gasteiger partial charge in [-0.3, -0.25) is 10.4 Å². The van der Waals surface area contributed by atoms with Crippen LogP contribution < -0.4 is 11.5 Å². The van der Waals surface area contributed by atoms with Gasteiger partial charge in [0.25, 0.3) is 0 Å². The molecule has 0 aliphatic heterocycles. The van der Waals surface area contributed by atoms with Gasteiger partial charge in [-0.25, -0.2) is 0 Å². The van der Waals surface area contributed by atoms with Gasteiger partial charge < -0.3 is 11.5 Å². The second-order valence-corrected chi connectivity index (χ2v) is 2.98. The molecule has 76 valence electrons. The van der Waals surface area contributed by atoms with Crippen LogP contribution in [0.15, 0.2) is 30.7 Å². The van der Waals surface area contributed by atoms with Gasteiger partial charge in [0, 0.05) is 18.0 Å². The zero-order chi connectivity index (χ0) is 10.8. The highest BCUT2D eigenvalue weighted by molar-refractivity contribution is 5.85. The highest BCUT2D eigenvalue weighted by atomic mass is 15.4. The fourth-order valence-corrected chi connectivity index (χ4v) is 1.30. The number of rotatable bonds is 1. The molecule has 2 rings (SSSR count). The van der Waals surface area contributed by atoms with Crippen molar-refractivity contribution in [2.45, 2.75) is 0 Å². The predicted molar refractivity (Wildman–Crippen MR) is 57.2 cm³/mol. The molecule has 6 nitrogen and oxygen atoms in total. The molecule has 0 bridgehead atoms. The number of nitrogen functional groups attached to an aromatic ring is 2. The van der Waals surface area contributed by atoms with Crippen LogP contribution in [0, 0.1) is 5.41 Å². The molecule has 0 aliphatic rings. The molecule has 0 spiro atoms. The molecule has 5 N–H and O–H groups in total. The lowest BCUT2D eigenvalue weighted by Gasteiger charge is -2.01. The van der Waals surface area contributed by atoms with Gasteiger partial charge in [0.05, 0.1) is 6.20 Å². The largest absolute Gasteiger partial charge is 0.383 e. The molecule has 0 fully saturated rings. The number of pyridine rings is 1. The van der Waals surface area contributed by atoms with Crippen molar-refractivity contribution < 1.29 is 0 Å². The molecule has 0 radical (unpaired) electrons. The Labute approximate surface area is 86.0 Å². The molecule has 0 saturated carbocycles. The minimum atomic E-state index is -0.201. The van der Waals surface area contributed by atoms with Crippen LogP contribution in [-0.4, -0.2) is 20.7 Å². The maximum atomic E-state index is 7.24. The van der Waals surface area contributed by atoms with E-state index in [1.54, 1.807) is 18.6 Å². The van der Waals surface area contributed by atoms with Gasteiger partial charge in [-0.05, 0) is 17.7 Å². The molecule has 0 amide bonds. The van der Waals surface area contributed by atoms with Gasteiger partial charge in [-0.2, -0.15) is 9.78 Å². The topological polar surface area (TPSA) is 107 Å². The quantitative estimate of drug-likeness (QED) is 0.455. The van der Waals surface area contributed by atoms with Crippen LogP contribution in [0.4, 0.5) is 5.82 Å². The first kappa shape index (κ1) is 9.20. The van der Waals surface area contributed by atoms with E-state index >= 15 is 0 Å². The van der Waals surface area contributed by atoms with Crippen molar-refractivity contribution in [3.63, 3.8) is 0 Å². The van der Waals surface area contributed by atoms with Crippen LogP contribution in [0.2, 0.25) is 0 Å². The van der Waals surface area contributed by atoms with E-state index in [4.69, 9.17) is 16.9 Å². The summed E-state index contributed by atoms with van der Waals surface area (Å²) in [7, 11) is 0. The number of anilines is 1. The fraction of sp³-hybridized carbons (Fsp3) is 0. The minimum absolute atomic E-state index is 0.201. The van der Waals surface area contributed by atoms with E-state index in [1.807, 2.05) is 12.1 Å². The zero-order valence-electron chi connectivity index (χ0n) is 7.88. The number of aromatic nitrogens is 3. The first-order valence-electron chi connectivity index (χ1n) is 4.28. The molecule has 6 heteroatoms. The summed E-state index contributed by atoms with van der Waals surface area (Å²) in [5, 5.41) is 11.2. The third-order valence-corrected chi connectivity index (χ3v) is 2.03. The molecule has 0 aromatic carbocycles. The Morgan fingerprint density at radius 1 is 1.33 bits per heavy atom. The van der Waals surface area contributed by atoms with Gasteiger partial charge in [-0.15, -0.1) is 0 Å². The maximum absolute atomic E-state index is 7.24. The molecule has 2 aromatic rings. The lowest BCUT2D eigenvalue weighted by Crippen LogP contribution is -2.23. The lowest BCUT2D eigenvalue weighted by molar-refractivity contribution is 0.922. The van der Waals surface area contributed by atoms with Crippen LogP contribution >= 0.6 is 0 Å². The third kappa shape index (κ3) is 1.52. The summed E-state index contributed by atoms with van der Waals surface area (Å²) in [6, 6.07) is 3.63. The summed E-state index contributed by atoms with van der Waals surface area (Å²) in [6.07, 6.45) is 4.91. The van der Waals surface area contributed by atoms with Crippen LogP contribution in [0.3, 0.4) is 0 Å². The van der Waals surface area contributed by atoms with Crippen molar-refractivity contribution in [2.75, 3.05) is 5.73 Å². The molecule has 0 saturated heterocycles. The second kappa shape index (κ2) is 3.41. The van der Waals surface area contributed by atoms with Crippen molar-refractivity contribution in [2.24, 2.45) is 5.73 Å². The summed E-state index contributed by atoms with van der Waals surface area (Å²) in [5.74, 6) is 0.154. The SMILES string of the molecule is N=C(N)n1ncc(-c2ccncc2)c1N. The van der Waals surface area contributed by atoms with E-state index in [0.717, 1.165) is 11.1 Å². The van der Waals surface area contributed by atoms with Crippen molar-refractivity contribution in [1.29, 1.82) is 5.41 Å². The maximum Gasteiger partial charge on any atom is 0.215 e. The van der Waals surface area contributed by atoms with Crippen LogP contribution in [0.1, 0.15) is 0 Å². The zero-order valence-corrected chi connectivity index (χ0v) is 7.88. The summed E-state index contributed by atoms with van der Waals surface area (Å²) in [6.45, 7) is 0. The summed E-state index contributed by atoms with van der Waals surface area (Å²) in [4.78, 5) is 3.91. The van der Waals surface area contributed by atoms with Crippen molar-refractivity contribution in [3.05, 3.63) is 30.7 Å². The molecular formula is C9H10N6. The van der Waals surface area contributed by atoms with Crippen molar-refractivity contribution in [3.8, 4) is 11.1 Å². The Balaban J connectivity index is 2.52. The number of nitrogens with zero attached hydrogens (tertiary/aromatic N) is 3. The Morgan fingerprint density at radius 3 is 2.53 bits per heavy atom. The van der Waals surface area contributed by atoms with Crippen LogP contribution in [0.25, 0.3) is 11.1 Å². The van der Waals surface area contributed by atoms with Crippen LogP contribution in [0.5, 0.6) is 0 Å². The first-order chi connectivity index (χ1) is 7.20. The molecule has 0 atom stereocenters. The van der Waals surface area contributed by atoms with E-state index in [9.17, 15) is 0 Å². The van der Waals surface area contributed by atoms with E-state index in [2.05, 4.69) is 10.1 Å². The molecule has 2 heterocycles. The summed E-state index contributed by atoms with van der Waals surface area (Å²) >= 11 is 0. The average Bonchev–Trinajstić information content (AvgIpc) is 2.61. The predicted octanol–water partition coefficient (Wildman–Crippen LogP) is 0.269. The highest BCUT2D eigenvalue weighted by Crippen LogP contribution is 2.23. The number of nitrogens with one attached hydrogen (secondary N) is 1. The molecule has 15 heavy (non-hydrogen) atoms. The Morgan fingerprint density at radius 2 is 2.00 bits per heavy atom. The minimum Gasteiger partial charge on any atom is -0.383 e. The van der Waals surface area contributed by atoms with Gasteiger partial charge in [0.2, 0.25) is 5.96 Å². The van der Waals surface area contributed by atoms with Gasteiger partial charge >= 0.3 is 0 Å². The second-order valence-electron chi connectivity index (χ2n) is 2.98. The summed E-state index contributed by atoms with van der Waals surface area (Å²) in [5.41, 5.74) is 12.7. The molecule has 0 aliphatic carbocycles. The number of hydrogen-bond acceptors (Lipinski definition) is 4. The molecule has 2 aromatic heterocycles. The highest BCUT2D eigenvalue weighted by Gasteiger charge is 2.10. The van der Waals surface area contributed by atoms with E-state index < -0.39 is 0 Å². The van der Waals surface area contributed by atoms with Crippen LogP contribution in [-0.2, 0) is 0 Å². The van der Waals surface area contributed by atoms with Gasteiger partial charge in [0.15, 0.2) is 0 Å². The Bertz CT molecular complexity index is 487. The third-order valence-electron chi connectivity index (χ3n) is 2.03. The monoisotopic (exact) mass is 202 g/mol. The fourth-order valence-electron chi connectivity index (χ4n) is 1.30. The number of hydrogen-bond donors (Lipinski definition) is 3. The normalized spacial score (nSPS) is 10.1. The lowest BCUT2D eigenvalue weighted by atomic mass is 10.1. The first-order valence-corrected chi connectivity index (χ1v) is 4.28. The van der Waals surface area contributed by atoms with E-state index in [-0.39, 0.29) is 5.96 Å². The van der Waals surface area contributed by atoms with E-state index in [0.29, 0.717) is 5.82 Å². The molecular weight excluding hydrogens is 192 g/mol. The van der Waals surface area contributed by atoms with Gasteiger partial charge in [0.1, 0.15) is 5.82 Å². The smallest absolute Gasteiger partial charge is 0.215 e. The van der Waals surface area contributed by atoms with E-state index in [1.165, 1.54) is 4.68 Å². The average molecular weight is 202 g/mol. The Hall–Kier alpha value is -2.37. The number of nitrogens with two attached hydrogens (primary N) is 2. The van der Waals surface area contributed by atoms with Crippen molar-refractivity contribution >= 4 is 11.8 Å². The van der Waals surface area contributed by atoms with Crippen molar-refractivity contribution in [1.82, 2.24) is 14.8 Å². The molecule has 0 unspecified atom stereocenters.